The number of hydrogen-bond donors (Lipinski definition) is 1. The summed E-state index contributed by atoms with van der Waals surface area (Å²) in [5.41, 5.74) is 8.65. The molecular formula is C18H19N5OS2. The van der Waals surface area contributed by atoms with E-state index in [1.807, 2.05) is 54.3 Å². The van der Waals surface area contributed by atoms with Gasteiger partial charge in [-0.05, 0) is 24.1 Å². The van der Waals surface area contributed by atoms with Gasteiger partial charge in [-0.1, -0.05) is 59.5 Å². The van der Waals surface area contributed by atoms with E-state index in [1.54, 1.807) is 6.20 Å². The molecule has 0 unspecified atom stereocenters. The van der Waals surface area contributed by atoms with Gasteiger partial charge in [-0.3, -0.25) is 9.78 Å². The number of anilines is 1. The number of pyridine rings is 1. The maximum atomic E-state index is 12.8. The Morgan fingerprint density at radius 2 is 1.96 bits per heavy atom. The Labute approximate surface area is 160 Å². The van der Waals surface area contributed by atoms with Crippen molar-refractivity contribution in [2.75, 3.05) is 11.5 Å². The van der Waals surface area contributed by atoms with E-state index in [9.17, 15) is 4.79 Å². The van der Waals surface area contributed by atoms with Gasteiger partial charge in [0.05, 0.1) is 18.0 Å². The summed E-state index contributed by atoms with van der Waals surface area (Å²) in [7, 11) is 0. The molecule has 2 heterocycles. The fourth-order valence-electron chi connectivity index (χ4n) is 2.39. The summed E-state index contributed by atoms with van der Waals surface area (Å²) >= 11 is 2.64. The van der Waals surface area contributed by atoms with Crippen LogP contribution in [0.15, 0.2) is 53.0 Å². The number of hydrogen-bond acceptors (Lipinski definition) is 7. The van der Waals surface area contributed by atoms with Crippen molar-refractivity contribution in [1.82, 2.24) is 20.1 Å². The average molecular weight is 386 g/mol. The molecule has 6 nitrogen and oxygen atoms in total. The number of benzene rings is 1. The molecule has 0 fully saturated rings. The van der Waals surface area contributed by atoms with Crippen molar-refractivity contribution in [3.8, 4) is 0 Å². The first kappa shape index (κ1) is 18.3. The molecule has 0 aliphatic heterocycles. The first-order chi connectivity index (χ1) is 12.6. The summed E-state index contributed by atoms with van der Waals surface area (Å²) in [6, 6.07) is 13.9. The van der Waals surface area contributed by atoms with Crippen molar-refractivity contribution in [2.24, 2.45) is 0 Å². The lowest BCUT2D eigenvalue weighted by molar-refractivity contribution is -0.129. The molecule has 2 aromatic heterocycles. The molecule has 26 heavy (non-hydrogen) atoms. The van der Waals surface area contributed by atoms with E-state index in [-0.39, 0.29) is 11.7 Å². The quantitative estimate of drug-likeness (QED) is 0.629. The van der Waals surface area contributed by atoms with Crippen LogP contribution in [-0.2, 0) is 17.9 Å². The maximum absolute atomic E-state index is 12.8. The standard InChI is InChI=1S/C18H19N5OS2/c1-13-6-5-9-20-15(13)11-23(10-14-7-3-2-4-8-14)16(24)12-25-18-22-21-17(19)26-18/h2-9H,10-12H2,1H3,(H2,19,21). The highest BCUT2D eigenvalue weighted by molar-refractivity contribution is 8.01. The minimum atomic E-state index is 0.0256. The van der Waals surface area contributed by atoms with Gasteiger partial charge >= 0.3 is 0 Å². The van der Waals surface area contributed by atoms with E-state index in [0.29, 0.717) is 22.6 Å². The molecule has 0 spiro atoms. The summed E-state index contributed by atoms with van der Waals surface area (Å²) < 4.78 is 0.699. The van der Waals surface area contributed by atoms with E-state index < -0.39 is 0 Å². The van der Waals surface area contributed by atoms with Gasteiger partial charge in [-0.25, -0.2) is 0 Å². The van der Waals surface area contributed by atoms with Gasteiger partial charge in [0.1, 0.15) is 0 Å². The largest absolute Gasteiger partial charge is 0.374 e. The van der Waals surface area contributed by atoms with Crippen molar-refractivity contribution >= 4 is 34.1 Å². The van der Waals surface area contributed by atoms with Crippen LogP contribution >= 0.6 is 23.1 Å². The van der Waals surface area contributed by atoms with E-state index >= 15 is 0 Å². The van der Waals surface area contributed by atoms with Gasteiger partial charge in [0.15, 0.2) is 4.34 Å². The fraction of sp³-hybridized carbons (Fsp3) is 0.222. The molecule has 0 saturated heterocycles. The molecule has 0 saturated carbocycles. The van der Waals surface area contributed by atoms with Crippen LogP contribution in [0.2, 0.25) is 0 Å². The van der Waals surface area contributed by atoms with Gasteiger partial charge in [0.25, 0.3) is 0 Å². The minimum absolute atomic E-state index is 0.0256. The van der Waals surface area contributed by atoms with Gasteiger partial charge < -0.3 is 10.6 Å². The second-order valence-electron chi connectivity index (χ2n) is 5.70. The minimum Gasteiger partial charge on any atom is -0.374 e. The predicted molar refractivity (Wildman–Crippen MR) is 105 cm³/mol. The number of nitrogens with two attached hydrogens (primary N) is 1. The smallest absolute Gasteiger partial charge is 0.233 e. The molecule has 0 radical (unpaired) electrons. The lowest BCUT2D eigenvalue weighted by Gasteiger charge is -2.23. The molecule has 1 aromatic carbocycles. The zero-order valence-electron chi connectivity index (χ0n) is 14.3. The molecule has 0 atom stereocenters. The van der Waals surface area contributed by atoms with Crippen LogP contribution in [0.25, 0.3) is 0 Å². The number of carbonyl (C=O) groups excluding carboxylic acids is 1. The highest BCUT2D eigenvalue weighted by Crippen LogP contribution is 2.24. The van der Waals surface area contributed by atoms with E-state index in [4.69, 9.17) is 5.73 Å². The fourth-order valence-corrected chi connectivity index (χ4v) is 3.93. The number of aryl methyl sites for hydroxylation is 1. The summed E-state index contributed by atoms with van der Waals surface area (Å²) in [6.07, 6.45) is 1.76. The molecule has 0 aliphatic rings. The van der Waals surface area contributed by atoms with Crippen molar-refractivity contribution in [1.29, 1.82) is 0 Å². The van der Waals surface area contributed by atoms with Crippen LogP contribution in [-0.4, -0.2) is 31.7 Å². The Morgan fingerprint density at radius 3 is 2.65 bits per heavy atom. The SMILES string of the molecule is Cc1cccnc1CN(Cc1ccccc1)C(=O)CSc1nnc(N)s1. The second kappa shape index (κ2) is 8.77. The molecule has 8 heteroatoms. The third kappa shape index (κ3) is 5.03. The number of amides is 1. The lowest BCUT2D eigenvalue weighted by atomic mass is 10.1. The average Bonchev–Trinajstić information content (AvgIpc) is 3.07. The third-order valence-electron chi connectivity index (χ3n) is 3.77. The Hall–Kier alpha value is -2.45. The van der Waals surface area contributed by atoms with Crippen LogP contribution in [0, 0.1) is 6.92 Å². The molecule has 0 aliphatic carbocycles. The summed E-state index contributed by atoms with van der Waals surface area (Å²) in [5, 5.41) is 8.14. The predicted octanol–water partition coefficient (Wildman–Crippen LogP) is 3.14. The van der Waals surface area contributed by atoms with Gasteiger partial charge in [-0.2, -0.15) is 0 Å². The van der Waals surface area contributed by atoms with E-state index in [2.05, 4.69) is 15.2 Å². The van der Waals surface area contributed by atoms with Gasteiger partial charge in [0.2, 0.25) is 11.0 Å². The normalized spacial score (nSPS) is 10.7. The molecule has 3 rings (SSSR count). The summed E-state index contributed by atoms with van der Waals surface area (Å²) in [5.74, 6) is 0.311. The maximum Gasteiger partial charge on any atom is 0.233 e. The Bertz CT molecular complexity index is 869. The van der Waals surface area contributed by atoms with Crippen molar-refractivity contribution in [3.05, 3.63) is 65.5 Å². The number of rotatable bonds is 7. The van der Waals surface area contributed by atoms with Crippen LogP contribution in [0.5, 0.6) is 0 Å². The number of aromatic nitrogens is 3. The summed E-state index contributed by atoms with van der Waals surface area (Å²) in [4.78, 5) is 19.1. The number of thioether (sulfide) groups is 1. The molecular weight excluding hydrogens is 366 g/mol. The second-order valence-corrected chi connectivity index (χ2v) is 7.93. The topological polar surface area (TPSA) is 85.0 Å². The Morgan fingerprint density at radius 1 is 1.15 bits per heavy atom. The molecule has 3 aromatic rings. The monoisotopic (exact) mass is 385 g/mol. The third-order valence-corrected chi connectivity index (χ3v) is 5.64. The molecule has 134 valence electrons. The molecule has 1 amide bonds. The van der Waals surface area contributed by atoms with E-state index in [1.165, 1.54) is 23.1 Å². The Balaban J connectivity index is 1.72. The Kier molecular flexibility index (Phi) is 6.19. The highest BCUT2D eigenvalue weighted by Gasteiger charge is 2.17. The van der Waals surface area contributed by atoms with Crippen molar-refractivity contribution < 1.29 is 4.79 Å². The highest BCUT2D eigenvalue weighted by atomic mass is 32.2. The van der Waals surface area contributed by atoms with Crippen molar-refractivity contribution in [2.45, 2.75) is 24.4 Å². The van der Waals surface area contributed by atoms with E-state index in [0.717, 1.165) is 16.8 Å². The number of nitrogen functional groups attached to an aromatic ring is 1. The van der Waals surface area contributed by atoms with Gasteiger partial charge in [-0.15, -0.1) is 10.2 Å². The zero-order valence-corrected chi connectivity index (χ0v) is 16.0. The van der Waals surface area contributed by atoms with Crippen molar-refractivity contribution in [3.63, 3.8) is 0 Å². The molecule has 0 bridgehead atoms. The number of carbonyl (C=O) groups is 1. The first-order valence-corrected chi connectivity index (χ1v) is 9.86. The summed E-state index contributed by atoms with van der Waals surface area (Å²) in [6.45, 7) is 3.01. The van der Waals surface area contributed by atoms with Crippen LogP contribution in [0.4, 0.5) is 5.13 Å². The zero-order chi connectivity index (χ0) is 18.4. The molecule has 2 N–H and O–H groups in total. The van der Waals surface area contributed by atoms with Crippen LogP contribution in [0.1, 0.15) is 16.8 Å². The first-order valence-electron chi connectivity index (χ1n) is 8.06. The van der Waals surface area contributed by atoms with Crippen LogP contribution < -0.4 is 5.73 Å². The van der Waals surface area contributed by atoms with Gasteiger partial charge in [0, 0.05) is 12.7 Å². The lowest BCUT2D eigenvalue weighted by Crippen LogP contribution is -2.32. The number of nitrogens with zero attached hydrogens (tertiary/aromatic N) is 4. The van der Waals surface area contributed by atoms with Crippen LogP contribution in [0.3, 0.4) is 0 Å².